The molecular weight excluding hydrogens is 427 g/mol. The number of hydrogen-bond acceptors (Lipinski definition) is 7. The van der Waals surface area contributed by atoms with Crippen LogP contribution in [-0.2, 0) is 17.4 Å². The van der Waals surface area contributed by atoms with E-state index in [1.807, 2.05) is 13.0 Å². The Morgan fingerprint density at radius 3 is 2.62 bits per heavy atom. The number of aryl methyl sites for hydroxylation is 2. The number of halogens is 3. The highest BCUT2D eigenvalue weighted by atomic mass is 19.4. The predicted octanol–water partition coefficient (Wildman–Crippen LogP) is 2.62. The van der Waals surface area contributed by atoms with Gasteiger partial charge in [-0.3, -0.25) is 4.79 Å². The molecular formula is C19H18F3N9O. The molecule has 0 aliphatic carbocycles. The van der Waals surface area contributed by atoms with Crippen LogP contribution in [-0.4, -0.2) is 45.7 Å². The normalized spacial score (nSPS) is 11.8. The molecule has 3 heterocycles. The van der Waals surface area contributed by atoms with Crippen LogP contribution >= 0.6 is 0 Å². The van der Waals surface area contributed by atoms with Gasteiger partial charge in [0.2, 0.25) is 5.91 Å². The SMILES string of the molecule is Cc1nc2nc(C(F)(F)F)nn2c(C)c1CCC(=O)Nc1cccc(-n2cnnn2)c1C. The molecule has 0 unspecified atom stereocenters. The molecule has 0 aliphatic rings. The molecule has 1 aromatic carbocycles. The van der Waals surface area contributed by atoms with Crippen molar-refractivity contribution in [1.82, 2.24) is 39.8 Å². The first-order valence-corrected chi connectivity index (χ1v) is 9.58. The van der Waals surface area contributed by atoms with E-state index >= 15 is 0 Å². The lowest BCUT2D eigenvalue weighted by Gasteiger charge is -2.13. The fraction of sp³-hybridized carbons (Fsp3) is 0.316. The molecule has 1 amide bonds. The molecule has 0 aliphatic heterocycles. The van der Waals surface area contributed by atoms with E-state index in [9.17, 15) is 18.0 Å². The maximum absolute atomic E-state index is 12.9. The van der Waals surface area contributed by atoms with Crippen molar-refractivity contribution in [2.75, 3.05) is 5.32 Å². The Hall–Kier alpha value is -3.90. The summed E-state index contributed by atoms with van der Waals surface area (Å²) in [6.45, 7) is 5.13. The van der Waals surface area contributed by atoms with E-state index in [4.69, 9.17) is 0 Å². The summed E-state index contributed by atoms with van der Waals surface area (Å²) in [5.41, 5.74) is 3.72. The number of alkyl halides is 3. The minimum Gasteiger partial charge on any atom is -0.326 e. The lowest BCUT2D eigenvalue weighted by molar-refractivity contribution is -0.144. The maximum atomic E-state index is 12.9. The summed E-state index contributed by atoms with van der Waals surface area (Å²) in [6.07, 6.45) is -2.83. The van der Waals surface area contributed by atoms with Gasteiger partial charge >= 0.3 is 6.18 Å². The van der Waals surface area contributed by atoms with Crippen molar-refractivity contribution in [3.05, 3.63) is 52.9 Å². The summed E-state index contributed by atoms with van der Waals surface area (Å²) < 4.78 is 41.4. The minimum absolute atomic E-state index is 0.101. The molecule has 0 spiro atoms. The number of nitrogens with one attached hydrogen (secondary N) is 1. The molecule has 32 heavy (non-hydrogen) atoms. The number of anilines is 1. The molecule has 1 N–H and O–H groups in total. The smallest absolute Gasteiger partial charge is 0.326 e. The summed E-state index contributed by atoms with van der Waals surface area (Å²) >= 11 is 0. The fourth-order valence-corrected chi connectivity index (χ4v) is 3.42. The van der Waals surface area contributed by atoms with Gasteiger partial charge in [0.1, 0.15) is 6.33 Å². The lowest BCUT2D eigenvalue weighted by atomic mass is 10.1. The third-order valence-electron chi connectivity index (χ3n) is 5.08. The van der Waals surface area contributed by atoms with Crippen molar-refractivity contribution < 1.29 is 18.0 Å². The number of rotatable bonds is 5. The standard InChI is InChI=1S/C19H18F3N9O/c1-10-14(5-4-6-15(10)30-9-23-28-29-30)25-16(32)8-7-13-11(2)24-18-26-17(19(20,21)22)27-31(18)12(13)3/h4-6,9H,7-8H2,1-3H3,(H,25,32). The van der Waals surface area contributed by atoms with Crippen LogP contribution in [0.25, 0.3) is 11.5 Å². The molecule has 0 bridgehead atoms. The fourth-order valence-electron chi connectivity index (χ4n) is 3.42. The van der Waals surface area contributed by atoms with Crippen molar-refractivity contribution in [3.8, 4) is 5.69 Å². The summed E-state index contributed by atoms with van der Waals surface area (Å²) in [5.74, 6) is -1.63. The number of benzene rings is 1. The third kappa shape index (κ3) is 4.00. The molecule has 0 radical (unpaired) electrons. The largest absolute Gasteiger partial charge is 0.453 e. The number of carbonyl (C=O) groups excluding carboxylic acids is 1. The van der Waals surface area contributed by atoms with E-state index in [1.54, 1.807) is 26.0 Å². The number of hydrogen-bond donors (Lipinski definition) is 1. The second-order valence-corrected chi connectivity index (χ2v) is 7.16. The molecule has 0 atom stereocenters. The second kappa shape index (κ2) is 7.98. The van der Waals surface area contributed by atoms with Crippen LogP contribution in [0.4, 0.5) is 18.9 Å². The maximum Gasteiger partial charge on any atom is 0.453 e. The van der Waals surface area contributed by atoms with Crippen LogP contribution in [0.5, 0.6) is 0 Å². The van der Waals surface area contributed by atoms with Gasteiger partial charge in [-0.05, 0) is 60.9 Å². The Morgan fingerprint density at radius 1 is 1.16 bits per heavy atom. The third-order valence-corrected chi connectivity index (χ3v) is 5.08. The van der Waals surface area contributed by atoms with E-state index in [-0.39, 0.29) is 24.5 Å². The predicted molar refractivity (Wildman–Crippen MR) is 106 cm³/mol. The Bertz CT molecular complexity index is 1300. The average Bonchev–Trinajstić information content (AvgIpc) is 3.39. The first kappa shape index (κ1) is 21.3. The van der Waals surface area contributed by atoms with E-state index in [0.717, 1.165) is 15.8 Å². The zero-order valence-electron chi connectivity index (χ0n) is 17.3. The van der Waals surface area contributed by atoms with E-state index in [2.05, 4.69) is 35.9 Å². The average molecular weight is 445 g/mol. The van der Waals surface area contributed by atoms with Gasteiger partial charge in [0.05, 0.1) is 5.69 Å². The van der Waals surface area contributed by atoms with Crippen molar-refractivity contribution in [2.24, 2.45) is 0 Å². The number of amides is 1. The van der Waals surface area contributed by atoms with Crippen LogP contribution in [0.2, 0.25) is 0 Å². The van der Waals surface area contributed by atoms with Gasteiger partial charge in [-0.15, -0.1) is 10.2 Å². The Labute approximate surface area is 179 Å². The van der Waals surface area contributed by atoms with Gasteiger partial charge in [0.25, 0.3) is 11.6 Å². The van der Waals surface area contributed by atoms with Gasteiger partial charge in [-0.1, -0.05) is 6.07 Å². The van der Waals surface area contributed by atoms with Crippen molar-refractivity contribution in [1.29, 1.82) is 0 Å². The van der Waals surface area contributed by atoms with Gasteiger partial charge in [-0.25, -0.2) is 14.2 Å². The van der Waals surface area contributed by atoms with Crippen molar-refractivity contribution in [2.45, 2.75) is 39.8 Å². The molecule has 166 valence electrons. The Morgan fingerprint density at radius 2 is 1.94 bits per heavy atom. The zero-order valence-corrected chi connectivity index (χ0v) is 17.3. The molecule has 4 rings (SSSR count). The van der Waals surface area contributed by atoms with E-state index in [0.29, 0.717) is 22.6 Å². The van der Waals surface area contributed by atoms with Crippen LogP contribution in [0.15, 0.2) is 24.5 Å². The topological polar surface area (TPSA) is 116 Å². The minimum atomic E-state index is -4.66. The zero-order chi connectivity index (χ0) is 23.0. The van der Waals surface area contributed by atoms with Crippen LogP contribution < -0.4 is 5.32 Å². The summed E-state index contributed by atoms with van der Waals surface area (Å²) in [5, 5.41) is 17.5. The quantitative estimate of drug-likeness (QED) is 0.502. The number of carbonyl (C=O) groups is 1. The molecule has 4 aromatic rings. The number of aromatic nitrogens is 8. The molecule has 0 fully saturated rings. The first-order valence-electron chi connectivity index (χ1n) is 9.58. The van der Waals surface area contributed by atoms with Crippen LogP contribution in [0.3, 0.4) is 0 Å². The van der Waals surface area contributed by atoms with Gasteiger partial charge < -0.3 is 5.32 Å². The summed E-state index contributed by atoms with van der Waals surface area (Å²) in [7, 11) is 0. The van der Waals surface area contributed by atoms with Gasteiger partial charge in [0, 0.05) is 23.5 Å². The number of nitrogens with zero attached hydrogens (tertiary/aromatic N) is 8. The summed E-state index contributed by atoms with van der Waals surface area (Å²) in [4.78, 5) is 20.2. The van der Waals surface area contributed by atoms with Crippen LogP contribution in [0.1, 0.15) is 34.8 Å². The van der Waals surface area contributed by atoms with E-state index in [1.165, 1.54) is 11.0 Å². The monoisotopic (exact) mass is 445 g/mol. The summed E-state index contributed by atoms with van der Waals surface area (Å²) in [6, 6.07) is 5.36. The molecule has 0 saturated carbocycles. The van der Waals surface area contributed by atoms with Gasteiger partial charge in [-0.2, -0.15) is 18.2 Å². The first-order chi connectivity index (χ1) is 15.1. The van der Waals surface area contributed by atoms with Crippen molar-refractivity contribution in [3.63, 3.8) is 0 Å². The Balaban J connectivity index is 1.52. The second-order valence-electron chi connectivity index (χ2n) is 7.16. The lowest BCUT2D eigenvalue weighted by Crippen LogP contribution is -2.15. The number of fused-ring (bicyclic) bond motifs is 1. The highest BCUT2D eigenvalue weighted by Crippen LogP contribution is 2.27. The van der Waals surface area contributed by atoms with Gasteiger partial charge in [0.15, 0.2) is 0 Å². The Kier molecular flexibility index (Phi) is 5.32. The molecule has 13 heteroatoms. The van der Waals surface area contributed by atoms with Crippen molar-refractivity contribution >= 4 is 17.4 Å². The highest BCUT2D eigenvalue weighted by Gasteiger charge is 2.37. The molecule has 3 aromatic heterocycles. The van der Waals surface area contributed by atoms with E-state index < -0.39 is 12.0 Å². The molecule has 0 saturated heterocycles. The number of tetrazole rings is 1. The highest BCUT2D eigenvalue weighted by molar-refractivity contribution is 5.92. The van der Waals surface area contributed by atoms with Crippen LogP contribution in [0, 0.1) is 20.8 Å². The molecule has 10 nitrogen and oxygen atoms in total.